The number of hydrogen-bond acceptors (Lipinski definition) is 3. The molecule has 5 heteroatoms. The van der Waals surface area contributed by atoms with Gasteiger partial charge < -0.3 is 5.73 Å². The Balaban J connectivity index is 2.20. The Bertz CT molecular complexity index is 636. The van der Waals surface area contributed by atoms with Gasteiger partial charge in [0.05, 0.1) is 11.4 Å². The van der Waals surface area contributed by atoms with Gasteiger partial charge in [-0.3, -0.25) is 0 Å². The first-order valence-electron chi connectivity index (χ1n) is 7.33. The molecule has 3 N–H and O–H groups in total. The zero-order valence-corrected chi connectivity index (χ0v) is 13.1. The molecule has 21 heavy (non-hydrogen) atoms. The average molecular weight is 306 g/mol. The third-order valence-electron chi connectivity index (χ3n) is 3.84. The second-order valence-electron chi connectivity index (χ2n) is 5.58. The third kappa shape index (κ3) is 4.31. The van der Waals surface area contributed by atoms with Crippen LogP contribution in [0.2, 0.25) is 0 Å². The molecule has 0 aromatic heterocycles. The number of nitrogens with two attached hydrogens (primary N) is 1. The minimum atomic E-state index is -3.53. The van der Waals surface area contributed by atoms with E-state index in [1.807, 2.05) is 0 Å². The van der Waals surface area contributed by atoms with Crippen molar-refractivity contribution >= 4 is 10.0 Å². The van der Waals surface area contributed by atoms with Crippen molar-refractivity contribution in [1.29, 1.82) is 0 Å². The Hall–Kier alpha value is -1.35. The molecular formula is C16H22N2O2S. The predicted octanol–water partition coefficient (Wildman–Crippen LogP) is 1.85. The molecule has 1 fully saturated rings. The van der Waals surface area contributed by atoms with Crippen molar-refractivity contribution in [3.05, 3.63) is 29.8 Å². The van der Waals surface area contributed by atoms with Crippen LogP contribution in [0.25, 0.3) is 0 Å². The summed E-state index contributed by atoms with van der Waals surface area (Å²) < 4.78 is 27.9. The molecule has 1 aliphatic rings. The van der Waals surface area contributed by atoms with Crippen LogP contribution in [-0.2, 0) is 10.0 Å². The summed E-state index contributed by atoms with van der Waals surface area (Å²) in [5.74, 6) is 6.23. The lowest BCUT2D eigenvalue weighted by Gasteiger charge is -2.26. The molecule has 0 saturated heterocycles. The highest BCUT2D eigenvalue weighted by atomic mass is 32.2. The Morgan fingerprint density at radius 3 is 2.57 bits per heavy atom. The van der Waals surface area contributed by atoms with Gasteiger partial charge in [-0.15, -0.1) is 0 Å². The molecule has 0 bridgehead atoms. The number of rotatable bonds is 3. The van der Waals surface area contributed by atoms with Gasteiger partial charge in [-0.25, -0.2) is 13.1 Å². The first-order chi connectivity index (χ1) is 10.0. The van der Waals surface area contributed by atoms with E-state index in [9.17, 15) is 8.42 Å². The molecule has 0 spiro atoms. The predicted molar refractivity (Wildman–Crippen MR) is 84.1 cm³/mol. The van der Waals surface area contributed by atoms with E-state index in [4.69, 9.17) is 5.73 Å². The van der Waals surface area contributed by atoms with Crippen LogP contribution in [0.4, 0.5) is 0 Å². The van der Waals surface area contributed by atoms with E-state index >= 15 is 0 Å². The van der Waals surface area contributed by atoms with Crippen molar-refractivity contribution in [3.8, 4) is 11.8 Å². The summed E-state index contributed by atoms with van der Waals surface area (Å²) in [7, 11) is -3.53. The van der Waals surface area contributed by atoms with Crippen LogP contribution in [0.15, 0.2) is 29.2 Å². The molecule has 0 atom stereocenters. The highest BCUT2D eigenvalue weighted by Crippen LogP contribution is 2.25. The van der Waals surface area contributed by atoms with Crippen molar-refractivity contribution in [2.45, 2.75) is 43.5 Å². The highest BCUT2D eigenvalue weighted by molar-refractivity contribution is 7.89. The van der Waals surface area contributed by atoms with E-state index in [0.29, 0.717) is 11.5 Å². The fraction of sp³-hybridized carbons (Fsp3) is 0.500. The van der Waals surface area contributed by atoms with Gasteiger partial charge in [-0.1, -0.05) is 30.9 Å². The SMILES string of the molecule is CC1CCC(NS(=O)(=O)c2ccccc2C#CCN)CC1. The standard InChI is InChI=1S/C16H22N2O2S/c1-13-8-10-15(11-9-13)18-21(19,20)16-7-3-2-5-14(16)6-4-12-17/h2-3,5,7,13,15,18H,8-12,17H2,1H3. The molecule has 114 valence electrons. The van der Waals surface area contributed by atoms with Gasteiger partial charge in [0, 0.05) is 11.6 Å². The average Bonchev–Trinajstić information content (AvgIpc) is 2.47. The van der Waals surface area contributed by atoms with E-state index in [-0.39, 0.29) is 17.5 Å². The van der Waals surface area contributed by atoms with E-state index in [0.717, 1.165) is 25.7 Å². The van der Waals surface area contributed by atoms with E-state index in [2.05, 4.69) is 23.5 Å². The Morgan fingerprint density at radius 2 is 1.90 bits per heavy atom. The van der Waals surface area contributed by atoms with Crippen molar-refractivity contribution in [2.24, 2.45) is 11.7 Å². The summed E-state index contributed by atoms with van der Waals surface area (Å²) in [6.45, 7) is 2.42. The molecule has 1 aliphatic carbocycles. The van der Waals surface area contributed by atoms with Gasteiger partial charge in [0.1, 0.15) is 0 Å². The maximum absolute atomic E-state index is 12.6. The van der Waals surface area contributed by atoms with Gasteiger partial charge in [0.15, 0.2) is 0 Å². The first kappa shape index (κ1) is 16.0. The summed E-state index contributed by atoms with van der Waals surface area (Å²) in [5, 5.41) is 0. The molecule has 0 heterocycles. The lowest BCUT2D eigenvalue weighted by molar-refractivity contribution is 0.332. The van der Waals surface area contributed by atoms with Crippen LogP contribution < -0.4 is 10.5 Å². The van der Waals surface area contributed by atoms with Crippen LogP contribution in [0.3, 0.4) is 0 Å². The third-order valence-corrected chi connectivity index (χ3v) is 5.42. The topological polar surface area (TPSA) is 72.2 Å². The maximum atomic E-state index is 12.6. The van der Waals surface area contributed by atoms with Crippen LogP contribution in [0, 0.1) is 17.8 Å². The van der Waals surface area contributed by atoms with E-state index in [1.54, 1.807) is 24.3 Å². The van der Waals surface area contributed by atoms with Crippen LogP contribution in [0.1, 0.15) is 38.2 Å². The van der Waals surface area contributed by atoms with Crippen molar-refractivity contribution in [1.82, 2.24) is 4.72 Å². The molecule has 1 saturated carbocycles. The molecular weight excluding hydrogens is 284 g/mol. The van der Waals surface area contributed by atoms with Gasteiger partial charge >= 0.3 is 0 Å². The summed E-state index contributed by atoms with van der Waals surface area (Å²) in [5.41, 5.74) is 5.86. The summed E-state index contributed by atoms with van der Waals surface area (Å²) in [6, 6.07) is 6.82. The zero-order chi connectivity index (χ0) is 15.3. The molecule has 0 aliphatic heterocycles. The number of sulfonamides is 1. The largest absolute Gasteiger partial charge is 0.320 e. The summed E-state index contributed by atoms with van der Waals surface area (Å²) in [6.07, 6.45) is 3.94. The van der Waals surface area contributed by atoms with Gasteiger partial charge in [-0.2, -0.15) is 0 Å². The monoisotopic (exact) mass is 306 g/mol. The lowest BCUT2D eigenvalue weighted by Crippen LogP contribution is -2.37. The van der Waals surface area contributed by atoms with Gasteiger partial charge in [-0.05, 0) is 43.7 Å². The molecule has 0 radical (unpaired) electrons. The Morgan fingerprint density at radius 1 is 1.24 bits per heavy atom. The van der Waals surface area contributed by atoms with E-state index < -0.39 is 10.0 Å². The van der Waals surface area contributed by atoms with Crippen molar-refractivity contribution in [2.75, 3.05) is 6.54 Å². The number of benzene rings is 1. The van der Waals surface area contributed by atoms with Gasteiger partial charge in [0.25, 0.3) is 0 Å². The van der Waals surface area contributed by atoms with Crippen LogP contribution in [0.5, 0.6) is 0 Å². The Labute approximate surface area is 127 Å². The molecule has 2 rings (SSSR count). The van der Waals surface area contributed by atoms with Crippen LogP contribution in [-0.4, -0.2) is 21.0 Å². The minimum absolute atomic E-state index is 0.0294. The van der Waals surface area contributed by atoms with E-state index in [1.165, 1.54) is 0 Å². The molecule has 1 aromatic carbocycles. The molecule has 1 aromatic rings. The second kappa shape index (κ2) is 7.08. The van der Waals surface area contributed by atoms with Crippen molar-refractivity contribution < 1.29 is 8.42 Å². The molecule has 0 amide bonds. The first-order valence-corrected chi connectivity index (χ1v) is 8.81. The number of hydrogen-bond donors (Lipinski definition) is 2. The van der Waals surface area contributed by atoms with Crippen LogP contribution >= 0.6 is 0 Å². The van der Waals surface area contributed by atoms with Crippen molar-refractivity contribution in [3.63, 3.8) is 0 Å². The maximum Gasteiger partial charge on any atom is 0.242 e. The molecule has 0 unspecified atom stereocenters. The Kier molecular flexibility index (Phi) is 5.40. The fourth-order valence-corrected chi connectivity index (χ4v) is 4.08. The smallest absolute Gasteiger partial charge is 0.242 e. The lowest BCUT2D eigenvalue weighted by atomic mass is 9.88. The highest BCUT2D eigenvalue weighted by Gasteiger charge is 2.25. The van der Waals surface area contributed by atoms with Gasteiger partial charge in [0.2, 0.25) is 10.0 Å². The minimum Gasteiger partial charge on any atom is -0.320 e. The quantitative estimate of drug-likeness (QED) is 0.837. The zero-order valence-electron chi connectivity index (χ0n) is 12.3. The molecule has 4 nitrogen and oxygen atoms in total. The number of nitrogens with one attached hydrogen (secondary N) is 1. The summed E-state index contributed by atoms with van der Waals surface area (Å²) >= 11 is 0. The summed E-state index contributed by atoms with van der Waals surface area (Å²) in [4.78, 5) is 0.240. The normalized spacial score (nSPS) is 22.4. The second-order valence-corrected chi connectivity index (χ2v) is 7.26. The fourth-order valence-electron chi connectivity index (χ4n) is 2.61.